The van der Waals surface area contributed by atoms with Crippen LogP contribution in [0.1, 0.15) is 6.92 Å². The van der Waals surface area contributed by atoms with Gasteiger partial charge in [-0.1, -0.05) is 0 Å². The number of hydrogen-bond donors (Lipinski definition) is 1. The van der Waals surface area contributed by atoms with E-state index in [1.165, 1.54) is 0 Å². The first-order valence-electron chi connectivity index (χ1n) is 4.66. The molecule has 0 saturated heterocycles. The lowest BCUT2D eigenvalue weighted by Crippen LogP contribution is -2.25. The van der Waals surface area contributed by atoms with Crippen molar-refractivity contribution >= 4 is 15.5 Å². The Morgan fingerprint density at radius 2 is 1.75 bits per heavy atom. The number of hydrogen-bond acceptors (Lipinski definition) is 3. The fourth-order valence-electron chi connectivity index (χ4n) is 1.42. The maximum atomic E-state index is 12.8. The summed E-state index contributed by atoms with van der Waals surface area (Å²) >= 11 is 0. The first-order chi connectivity index (χ1) is 7.26. The molecule has 0 aliphatic rings. The van der Waals surface area contributed by atoms with Gasteiger partial charge in [0, 0.05) is 24.1 Å². The summed E-state index contributed by atoms with van der Waals surface area (Å²) in [6.45, 7) is 1.63. The molecule has 6 heteroatoms. The molecule has 1 aromatic rings. The number of nitrogens with one attached hydrogen (secondary N) is 1. The monoisotopic (exact) mass is 249 g/mol. The summed E-state index contributed by atoms with van der Waals surface area (Å²) in [5, 5.41) is 2.72. The molecule has 0 aliphatic carbocycles. The van der Waals surface area contributed by atoms with E-state index in [1.54, 1.807) is 6.92 Å². The van der Waals surface area contributed by atoms with Gasteiger partial charge in [0.15, 0.2) is 0 Å². The molecule has 1 aromatic carbocycles. The van der Waals surface area contributed by atoms with Gasteiger partial charge in [-0.2, -0.15) is 0 Å². The van der Waals surface area contributed by atoms with Crippen molar-refractivity contribution in [2.45, 2.75) is 13.0 Å². The summed E-state index contributed by atoms with van der Waals surface area (Å²) in [7, 11) is -3.11. The van der Waals surface area contributed by atoms with E-state index in [4.69, 9.17) is 0 Å². The normalized spacial score (nSPS) is 13.5. The Hall–Kier alpha value is -1.17. The van der Waals surface area contributed by atoms with Crippen LogP contribution in [0.4, 0.5) is 14.5 Å². The molecule has 0 amide bonds. The Morgan fingerprint density at radius 3 is 2.19 bits per heavy atom. The Bertz CT molecular complexity index is 453. The lowest BCUT2D eigenvalue weighted by molar-refractivity contribution is 0.583. The van der Waals surface area contributed by atoms with E-state index in [2.05, 4.69) is 5.32 Å². The van der Waals surface area contributed by atoms with Crippen molar-refractivity contribution in [3.8, 4) is 0 Å². The highest BCUT2D eigenvalue weighted by Gasteiger charge is 2.11. The van der Waals surface area contributed by atoms with Crippen LogP contribution >= 0.6 is 0 Å². The topological polar surface area (TPSA) is 46.2 Å². The largest absolute Gasteiger partial charge is 0.381 e. The molecule has 1 atom stereocenters. The maximum Gasteiger partial charge on any atom is 0.149 e. The van der Waals surface area contributed by atoms with Crippen LogP contribution in [-0.4, -0.2) is 26.5 Å². The second-order valence-electron chi connectivity index (χ2n) is 3.80. The van der Waals surface area contributed by atoms with Gasteiger partial charge in [-0.15, -0.1) is 0 Å². The Labute approximate surface area is 93.4 Å². The van der Waals surface area contributed by atoms with E-state index >= 15 is 0 Å². The van der Waals surface area contributed by atoms with Crippen molar-refractivity contribution in [2.75, 3.05) is 17.3 Å². The van der Waals surface area contributed by atoms with E-state index < -0.39 is 27.5 Å². The van der Waals surface area contributed by atoms with Crippen molar-refractivity contribution in [1.29, 1.82) is 0 Å². The van der Waals surface area contributed by atoms with Crippen LogP contribution in [-0.2, 0) is 9.84 Å². The van der Waals surface area contributed by atoms with Gasteiger partial charge in [0.25, 0.3) is 0 Å². The SMILES string of the molecule is CC(CS(C)(=O)=O)Nc1cc(F)cc(F)c1. The van der Waals surface area contributed by atoms with Crippen LogP contribution in [0.15, 0.2) is 18.2 Å². The molecule has 90 valence electrons. The van der Waals surface area contributed by atoms with Gasteiger partial charge in [0.1, 0.15) is 21.5 Å². The smallest absolute Gasteiger partial charge is 0.149 e. The van der Waals surface area contributed by atoms with Gasteiger partial charge in [0.2, 0.25) is 0 Å². The molecule has 0 bridgehead atoms. The minimum atomic E-state index is -3.11. The van der Waals surface area contributed by atoms with Crippen LogP contribution in [0.5, 0.6) is 0 Å². The molecule has 16 heavy (non-hydrogen) atoms. The van der Waals surface area contributed by atoms with E-state index in [9.17, 15) is 17.2 Å². The zero-order chi connectivity index (χ0) is 12.3. The van der Waals surface area contributed by atoms with Crippen LogP contribution in [0.2, 0.25) is 0 Å². The van der Waals surface area contributed by atoms with Crippen molar-refractivity contribution in [1.82, 2.24) is 0 Å². The number of rotatable bonds is 4. The predicted octanol–water partition coefficient (Wildman–Crippen LogP) is 1.81. The summed E-state index contributed by atoms with van der Waals surface area (Å²) in [6.07, 6.45) is 1.11. The Morgan fingerprint density at radius 1 is 1.25 bits per heavy atom. The minimum absolute atomic E-state index is 0.0921. The quantitative estimate of drug-likeness (QED) is 0.885. The molecule has 0 aromatic heterocycles. The van der Waals surface area contributed by atoms with E-state index in [1.807, 2.05) is 0 Å². The molecule has 1 rings (SSSR count). The maximum absolute atomic E-state index is 12.8. The average Bonchev–Trinajstić information content (AvgIpc) is 1.96. The Balaban J connectivity index is 2.73. The second-order valence-corrected chi connectivity index (χ2v) is 5.98. The van der Waals surface area contributed by atoms with Crippen LogP contribution in [0, 0.1) is 11.6 Å². The number of halogens is 2. The van der Waals surface area contributed by atoms with Crippen LogP contribution < -0.4 is 5.32 Å². The third-order valence-electron chi connectivity index (χ3n) is 1.83. The summed E-state index contributed by atoms with van der Waals surface area (Å²) in [5.74, 6) is -1.49. The third-order valence-corrected chi connectivity index (χ3v) is 2.93. The summed E-state index contributed by atoms with van der Waals surface area (Å²) in [5.41, 5.74) is 0.230. The number of sulfone groups is 1. The highest BCUT2D eigenvalue weighted by molar-refractivity contribution is 7.90. The fourth-order valence-corrected chi connectivity index (χ4v) is 2.41. The number of anilines is 1. The number of benzene rings is 1. The molecular formula is C10H13F2NO2S. The molecule has 0 aliphatic heterocycles. The second kappa shape index (κ2) is 4.78. The van der Waals surface area contributed by atoms with Crippen molar-refractivity contribution in [3.05, 3.63) is 29.8 Å². The first kappa shape index (κ1) is 12.9. The summed E-state index contributed by atoms with van der Waals surface area (Å²) < 4.78 is 47.6. The molecule has 0 radical (unpaired) electrons. The van der Waals surface area contributed by atoms with E-state index in [0.29, 0.717) is 0 Å². The lowest BCUT2D eigenvalue weighted by Gasteiger charge is -2.14. The first-order valence-corrected chi connectivity index (χ1v) is 6.73. The molecule has 0 fully saturated rings. The molecule has 0 saturated carbocycles. The average molecular weight is 249 g/mol. The molecule has 3 nitrogen and oxygen atoms in total. The Kier molecular flexibility index (Phi) is 3.85. The van der Waals surface area contributed by atoms with Gasteiger partial charge < -0.3 is 5.32 Å². The van der Waals surface area contributed by atoms with Gasteiger partial charge >= 0.3 is 0 Å². The zero-order valence-electron chi connectivity index (χ0n) is 9.00. The molecule has 0 spiro atoms. The van der Waals surface area contributed by atoms with E-state index in [0.717, 1.165) is 24.5 Å². The fraction of sp³-hybridized carbons (Fsp3) is 0.400. The molecule has 1 unspecified atom stereocenters. The van der Waals surface area contributed by atoms with Crippen LogP contribution in [0.3, 0.4) is 0 Å². The van der Waals surface area contributed by atoms with E-state index in [-0.39, 0.29) is 11.4 Å². The summed E-state index contributed by atoms with van der Waals surface area (Å²) in [6, 6.07) is 2.58. The highest BCUT2D eigenvalue weighted by atomic mass is 32.2. The van der Waals surface area contributed by atoms with Crippen molar-refractivity contribution in [3.63, 3.8) is 0 Å². The van der Waals surface area contributed by atoms with Crippen molar-refractivity contribution < 1.29 is 17.2 Å². The predicted molar refractivity (Wildman–Crippen MR) is 59.2 cm³/mol. The van der Waals surface area contributed by atoms with Gasteiger partial charge in [-0.05, 0) is 19.1 Å². The van der Waals surface area contributed by atoms with Gasteiger partial charge in [-0.25, -0.2) is 17.2 Å². The molecule has 0 heterocycles. The van der Waals surface area contributed by atoms with Crippen LogP contribution in [0.25, 0.3) is 0 Å². The minimum Gasteiger partial charge on any atom is -0.381 e. The standard InChI is InChI=1S/C10H13F2NO2S/c1-7(6-16(2,14)15)13-10-4-8(11)3-9(12)5-10/h3-5,7,13H,6H2,1-2H3. The third kappa shape index (κ3) is 4.57. The molecular weight excluding hydrogens is 236 g/mol. The van der Waals surface area contributed by atoms with Gasteiger partial charge in [-0.3, -0.25) is 0 Å². The molecule has 1 N–H and O–H groups in total. The lowest BCUT2D eigenvalue weighted by atomic mass is 10.2. The summed E-state index contributed by atoms with van der Waals surface area (Å²) in [4.78, 5) is 0. The highest BCUT2D eigenvalue weighted by Crippen LogP contribution is 2.14. The van der Waals surface area contributed by atoms with Gasteiger partial charge in [0.05, 0.1) is 5.75 Å². The zero-order valence-corrected chi connectivity index (χ0v) is 9.81. The van der Waals surface area contributed by atoms with Crippen molar-refractivity contribution in [2.24, 2.45) is 0 Å².